The summed E-state index contributed by atoms with van der Waals surface area (Å²) in [6.07, 6.45) is 0.719. The predicted molar refractivity (Wildman–Crippen MR) is 70.9 cm³/mol. The third-order valence-electron chi connectivity index (χ3n) is 3.42. The zero-order valence-electron chi connectivity index (χ0n) is 10.9. The fraction of sp³-hybridized carbons (Fsp3) is 1.00. The van der Waals surface area contributed by atoms with Crippen LogP contribution in [0.15, 0.2) is 0 Å². The summed E-state index contributed by atoms with van der Waals surface area (Å²) in [5.74, 6) is 0.545. The Balaban J connectivity index is 2.35. The van der Waals surface area contributed by atoms with E-state index in [-0.39, 0.29) is 5.75 Å². The van der Waals surface area contributed by atoms with E-state index in [0.29, 0.717) is 18.3 Å². The molecule has 0 aromatic rings. The van der Waals surface area contributed by atoms with Crippen LogP contribution in [0, 0.1) is 0 Å². The maximum atomic E-state index is 11.4. The monoisotopic (exact) mass is 263 g/mol. The number of piperazine rings is 1. The maximum absolute atomic E-state index is 11.4. The van der Waals surface area contributed by atoms with Crippen LogP contribution >= 0.6 is 0 Å². The van der Waals surface area contributed by atoms with Crippen molar-refractivity contribution in [3.05, 3.63) is 0 Å². The Kier molecular flexibility index (Phi) is 5.85. The second-order valence-corrected chi connectivity index (χ2v) is 7.25. The second-order valence-electron chi connectivity index (χ2n) is 4.78. The number of nitrogens with zero attached hydrogens (tertiary/aromatic N) is 2. The molecule has 0 aromatic carbocycles. The topological polar surface area (TPSA) is 66.6 Å². The zero-order valence-corrected chi connectivity index (χ0v) is 11.7. The molecule has 1 atom stereocenters. The van der Waals surface area contributed by atoms with E-state index >= 15 is 0 Å². The van der Waals surface area contributed by atoms with Gasteiger partial charge in [-0.1, -0.05) is 6.92 Å². The molecule has 1 heterocycles. The first-order valence-electron chi connectivity index (χ1n) is 6.31. The van der Waals surface area contributed by atoms with Gasteiger partial charge in [-0.2, -0.15) is 0 Å². The first kappa shape index (κ1) is 14.9. The molecule has 1 aliphatic rings. The number of hydrogen-bond donors (Lipinski definition) is 1. The second kappa shape index (κ2) is 6.68. The van der Waals surface area contributed by atoms with Crippen LogP contribution < -0.4 is 5.73 Å². The van der Waals surface area contributed by atoms with Gasteiger partial charge in [0.15, 0.2) is 0 Å². The summed E-state index contributed by atoms with van der Waals surface area (Å²) in [7, 11) is -0.725. The summed E-state index contributed by atoms with van der Waals surface area (Å²) in [6, 6.07) is 0.373. The van der Waals surface area contributed by atoms with E-state index in [1.807, 2.05) is 0 Å². The number of hydrogen-bond acceptors (Lipinski definition) is 5. The van der Waals surface area contributed by atoms with Gasteiger partial charge in [-0.3, -0.25) is 4.90 Å². The van der Waals surface area contributed by atoms with E-state index < -0.39 is 9.84 Å². The van der Waals surface area contributed by atoms with Crippen molar-refractivity contribution in [2.45, 2.75) is 19.4 Å². The highest BCUT2D eigenvalue weighted by Crippen LogP contribution is 2.08. The van der Waals surface area contributed by atoms with Gasteiger partial charge in [0.1, 0.15) is 9.84 Å². The van der Waals surface area contributed by atoms with Crippen LogP contribution in [0.5, 0.6) is 0 Å². The maximum Gasteiger partial charge on any atom is 0.150 e. The normalized spacial score (nSPS) is 24.1. The summed E-state index contributed by atoms with van der Waals surface area (Å²) < 4.78 is 22.8. The van der Waals surface area contributed by atoms with Crippen molar-refractivity contribution in [1.82, 2.24) is 9.80 Å². The van der Waals surface area contributed by atoms with E-state index in [1.165, 1.54) is 0 Å². The number of likely N-dealkylation sites (N-methyl/N-ethyl adjacent to an activating group) is 1. The standard InChI is InChI=1S/C11H25N3O2S/c1-3-17(15,16)8-4-5-14-7-6-13(2)10-11(14)9-12/h11H,3-10,12H2,1-2H3. The number of nitrogens with two attached hydrogens (primary N) is 1. The largest absolute Gasteiger partial charge is 0.329 e. The third-order valence-corrected chi connectivity index (χ3v) is 5.21. The van der Waals surface area contributed by atoms with Gasteiger partial charge in [-0.05, 0) is 20.0 Å². The molecule has 0 aliphatic carbocycles. The van der Waals surface area contributed by atoms with Crippen molar-refractivity contribution in [2.75, 3.05) is 51.3 Å². The van der Waals surface area contributed by atoms with Gasteiger partial charge in [0.2, 0.25) is 0 Å². The van der Waals surface area contributed by atoms with Crippen molar-refractivity contribution in [3.8, 4) is 0 Å². The van der Waals surface area contributed by atoms with Crippen molar-refractivity contribution < 1.29 is 8.42 Å². The lowest BCUT2D eigenvalue weighted by molar-refractivity contribution is 0.0948. The SMILES string of the molecule is CCS(=O)(=O)CCCN1CCN(C)CC1CN. The van der Waals surface area contributed by atoms with E-state index in [1.54, 1.807) is 6.92 Å². The summed E-state index contributed by atoms with van der Waals surface area (Å²) in [6.45, 7) is 6.20. The molecular formula is C11H25N3O2S. The van der Waals surface area contributed by atoms with E-state index in [4.69, 9.17) is 5.73 Å². The van der Waals surface area contributed by atoms with Crippen molar-refractivity contribution in [1.29, 1.82) is 0 Å². The molecule has 1 rings (SSSR count). The van der Waals surface area contributed by atoms with Crippen LogP contribution in [-0.2, 0) is 9.84 Å². The molecule has 17 heavy (non-hydrogen) atoms. The van der Waals surface area contributed by atoms with Gasteiger partial charge in [-0.15, -0.1) is 0 Å². The highest BCUT2D eigenvalue weighted by molar-refractivity contribution is 7.91. The molecule has 0 amide bonds. The van der Waals surface area contributed by atoms with Gasteiger partial charge in [0, 0.05) is 38.0 Å². The number of rotatable bonds is 6. The minimum Gasteiger partial charge on any atom is -0.329 e. The van der Waals surface area contributed by atoms with Crippen molar-refractivity contribution in [2.24, 2.45) is 5.73 Å². The summed E-state index contributed by atoms with van der Waals surface area (Å²) in [4.78, 5) is 4.60. The molecule has 0 spiro atoms. The van der Waals surface area contributed by atoms with Crippen molar-refractivity contribution in [3.63, 3.8) is 0 Å². The average molecular weight is 263 g/mol. The minimum absolute atomic E-state index is 0.246. The zero-order chi connectivity index (χ0) is 12.9. The average Bonchev–Trinajstić information content (AvgIpc) is 2.30. The van der Waals surface area contributed by atoms with Gasteiger partial charge >= 0.3 is 0 Å². The summed E-state index contributed by atoms with van der Waals surface area (Å²) in [5, 5.41) is 0. The molecule has 1 unspecified atom stereocenters. The molecule has 1 fully saturated rings. The van der Waals surface area contributed by atoms with E-state index in [2.05, 4.69) is 16.8 Å². The Morgan fingerprint density at radius 2 is 2.06 bits per heavy atom. The lowest BCUT2D eigenvalue weighted by Crippen LogP contribution is -2.55. The Morgan fingerprint density at radius 3 is 2.65 bits per heavy atom. The molecule has 0 radical (unpaired) electrons. The molecule has 1 saturated heterocycles. The summed E-state index contributed by atoms with van der Waals surface area (Å²) in [5.41, 5.74) is 5.75. The molecule has 102 valence electrons. The Hall–Kier alpha value is -0.170. The van der Waals surface area contributed by atoms with Crippen LogP contribution in [0.3, 0.4) is 0 Å². The van der Waals surface area contributed by atoms with Gasteiger partial charge in [0.05, 0.1) is 5.75 Å². The fourth-order valence-corrected chi connectivity index (χ4v) is 3.06. The quantitative estimate of drug-likeness (QED) is 0.692. The lowest BCUT2D eigenvalue weighted by atomic mass is 10.1. The first-order valence-corrected chi connectivity index (χ1v) is 8.13. The highest BCUT2D eigenvalue weighted by atomic mass is 32.2. The van der Waals surface area contributed by atoms with Crippen LogP contribution in [0.1, 0.15) is 13.3 Å². The van der Waals surface area contributed by atoms with E-state index in [9.17, 15) is 8.42 Å². The van der Waals surface area contributed by atoms with Gasteiger partial charge in [-0.25, -0.2) is 8.42 Å². The molecule has 6 heteroatoms. The first-order chi connectivity index (χ1) is 7.98. The molecule has 0 aromatic heterocycles. The minimum atomic E-state index is -2.82. The Labute approximate surface area is 105 Å². The fourth-order valence-electron chi connectivity index (χ4n) is 2.20. The van der Waals surface area contributed by atoms with Crippen LogP contribution in [0.4, 0.5) is 0 Å². The molecule has 5 nitrogen and oxygen atoms in total. The third kappa shape index (κ3) is 4.91. The molecule has 0 saturated carbocycles. The molecular weight excluding hydrogens is 238 g/mol. The Bertz CT molecular complexity index is 319. The van der Waals surface area contributed by atoms with Crippen LogP contribution in [0.25, 0.3) is 0 Å². The highest BCUT2D eigenvalue weighted by Gasteiger charge is 2.23. The molecule has 2 N–H and O–H groups in total. The smallest absolute Gasteiger partial charge is 0.150 e. The van der Waals surface area contributed by atoms with Gasteiger partial charge in [0.25, 0.3) is 0 Å². The van der Waals surface area contributed by atoms with Crippen LogP contribution in [-0.4, -0.2) is 75.5 Å². The Morgan fingerprint density at radius 1 is 1.35 bits per heavy atom. The van der Waals surface area contributed by atoms with Gasteiger partial charge < -0.3 is 10.6 Å². The molecule has 1 aliphatic heterocycles. The lowest BCUT2D eigenvalue weighted by Gasteiger charge is -2.39. The summed E-state index contributed by atoms with van der Waals surface area (Å²) >= 11 is 0. The van der Waals surface area contributed by atoms with Crippen molar-refractivity contribution >= 4 is 9.84 Å². The predicted octanol–water partition coefficient (Wildman–Crippen LogP) is -0.614. The van der Waals surface area contributed by atoms with E-state index in [0.717, 1.165) is 32.6 Å². The van der Waals surface area contributed by atoms with Crippen LogP contribution in [0.2, 0.25) is 0 Å². The molecule has 0 bridgehead atoms. The number of sulfone groups is 1.